The van der Waals surface area contributed by atoms with Crippen molar-refractivity contribution in [3.8, 4) is 0 Å². The Morgan fingerprint density at radius 3 is 2.33 bits per heavy atom. The molecule has 0 amide bonds. The van der Waals surface area contributed by atoms with Gasteiger partial charge in [-0.2, -0.15) is 13.2 Å². The van der Waals surface area contributed by atoms with Gasteiger partial charge in [-0.1, -0.05) is 0 Å². The van der Waals surface area contributed by atoms with Crippen LogP contribution in [0.25, 0.3) is 0 Å². The van der Waals surface area contributed by atoms with Gasteiger partial charge < -0.3 is 10.1 Å². The van der Waals surface area contributed by atoms with Gasteiger partial charge in [-0.3, -0.25) is 0 Å². The predicted octanol–water partition coefficient (Wildman–Crippen LogP) is 1.56. The molecule has 0 unspecified atom stereocenters. The van der Waals surface area contributed by atoms with E-state index >= 15 is 0 Å². The standard InChI is InChI=1S/C7H14F3NO/c1-6(2)12-4-3-11-5-7(8,9)10/h6,11H,3-5H2,1-2H3. The van der Waals surface area contributed by atoms with Gasteiger partial charge in [0.2, 0.25) is 0 Å². The van der Waals surface area contributed by atoms with Crippen LogP contribution in [0.4, 0.5) is 13.2 Å². The lowest BCUT2D eigenvalue weighted by atomic mass is 10.5. The fourth-order valence-corrected chi connectivity index (χ4v) is 0.597. The Labute approximate surface area is 70.1 Å². The first kappa shape index (κ1) is 11.7. The molecule has 0 aromatic carbocycles. The van der Waals surface area contributed by atoms with Gasteiger partial charge in [-0.25, -0.2) is 0 Å². The molecule has 0 saturated heterocycles. The number of ether oxygens (including phenoxy) is 1. The van der Waals surface area contributed by atoms with Crippen LogP contribution in [0.15, 0.2) is 0 Å². The number of hydrogen-bond acceptors (Lipinski definition) is 2. The second-order valence-corrected chi connectivity index (χ2v) is 2.71. The maximum atomic E-state index is 11.5. The molecule has 1 N–H and O–H groups in total. The van der Waals surface area contributed by atoms with E-state index in [-0.39, 0.29) is 12.6 Å². The van der Waals surface area contributed by atoms with Gasteiger partial charge in [0.05, 0.1) is 19.3 Å². The van der Waals surface area contributed by atoms with Gasteiger partial charge in [0.1, 0.15) is 0 Å². The Bertz CT molecular complexity index is 114. The van der Waals surface area contributed by atoms with E-state index in [4.69, 9.17) is 4.74 Å². The molecule has 74 valence electrons. The Kier molecular flexibility index (Phi) is 5.24. The smallest absolute Gasteiger partial charge is 0.377 e. The molecule has 12 heavy (non-hydrogen) atoms. The molecule has 2 nitrogen and oxygen atoms in total. The fourth-order valence-electron chi connectivity index (χ4n) is 0.597. The minimum absolute atomic E-state index is 0.0673. The van der Waals surface area contributed by atoms with Crippen LogP contribution >= 0.6 is 0 Å². The summed E-state index contributed by atoms with van der Waals surface area (Å²) in [6.45, 7) is 3.27. The Morgan fingerprint density at radius 1 is 1.33 bits per heavy atom. The van der Waals surface area contributed by atoms with Crippen molar-refractivity contribution in [1.29, 1.82) is 0 Å². The van der Waals surface area contributed by atoms with Gasteiger partial charge in [-0.05, 0) is 13.8 Å². The van der Waals surface area contributed by atoms with Crippen molar-refractivity contribution in [2.24, 2.45) is 0 Å². The summed E-state index contributed by atoms with van der Waals surface area (Å²) in [5.41, 5.74) is 0. The van der Waals surface area contributed by atoms with Crippen LogP contribution in [0, 0.1) is 0 Å². The van der Waals surface area contributed by atoms with Crippen LogP contribution in [0.2, 0.25) is 0 Å². The van der Waals surface area contributed by atoms with Crippen LogP contribution in [0.3, 0.4) is 0 Å². The highest BCUT2D eigenvalue weighted by Gasteiger charge is 2.25. The van der Waals surface area contributed by atoms with Gasteiger partial charge in [0.15, 0.2) is 0 Å². The third-order valence-corrected chi connectivity index (χ3v) is 1.06. The minimum Gasteiger partial charge on any atom is -0.377 e. The van der Waals surface area contributed by atoms with E-state index in [1.165, 1.54) is 0 Å². The van der Waals surface area contributed by atoms with Crippen molar-refractivity contribution in [2.75, 3.05) is 19.7 Å². The molecule has 0 aliphatic rings. The Morgan fingerprint density at radius 2 is 1.92 bits per heavy atom. The largest absolute Gasteiger partial charge is 0.401 e. The van der Waals surface area contributed by atoms with Crippen molar-refractivity contribution >= 4 is 0 Å². The molecule has 0 spiro atoms. The van der Waals surface area contributed by atoms with Crippen LogP contribution in [0.1, 0.15) is 13.8 Å². The van der Waals surface area contributed by atoms with Crippen LogP contribution in [-0.2, 0) is 4.74 Å². The summed E-state index contributed by atoms with van der Waals surface area (Å²) in [6, 6.07) is 0. The predicted molar refractivity (Wildman–Crippen MR) is 40.0 cm³/mol. The first-order valence-electron chi connectivity index (χ1n) is 3.81. The summed E-state index contributed by atoms with van der Waals surface area (Å²) < 4.78 is 39.6. The lowest BCUT2D eigenvalue weighted by molar-refractivity contribution is -0.125. The summed E-state index contributed by atoms with van der Waals surface area (Å²) >= 11 is 0. The quantitative estimate of drug-likeness (QED) is 0.656. The lowest BCUT2D eigenvalue weighted by Gasteiger charge is -2.09. The molecule has 0 aliphatic carbocycles. The number of halogens is 3. The molecule has 0 radical (unpaired) electrons. The van der Waals surface area contributed by atoms with Crippen molar-refractivity contribution in [3.05, 3.63) is 0 Å². The van der Waals surface area contributed by atoms with E-state index < -0.39 is 12.7 Å². The summed E-state index contributed by atoms with van der Waals surface area (Å²) in [5.74, 6) is 0. The highest BCUT2D eigenvalue weighted by atomic mass is 19.4. The third kappa shape index (κ3) is 9.71. The van der Waals surface area contributed by atoms with E-state index in [1.54, 1.807) is 0 Å². The molecular formula is C7H14F3NO. The molecule has 0 atom stereocenters. The molecular weight excluding hydrogens is 171 g/mol. The first-order valence-corrected chi connectivity index (χ1v) is 3.81. The number of alkyl halides is 3. The van der Waals surface area contributed by atoms with E-state index in [2.05, 4.69) is 5.32 Å². The average molecular weight is 185 g/mol. The van der Waals surface area contributed by atoms with E-state index in [1.807, 2.05) is 13.8 Å². The monoisotopic (exact) mass is 185 g/mol. The zero-order chi connectivity index (χ0) is 9.61. The molecule has 0 heterocycles. The van der Waals surface area contributed by atoms with Gasteiger partial charge >= 0.3 is 6.18 Å². The van der Waals surface area contributed by atoms with Crippen LogP contribution in [-0.4, -0.2) is 32.0 Å². The fraction of sp³-hybridized carbons (Fsp3) is 1.00. The van der Waals surface area contributed by atoms with Crippen molar-refractivity contribution in [3.63, 3.8) is 0 Å². The van der Waals surface area contributed by atoms with Crippen molar-refractivity contribution in [2.45, 2.75) is 26.1 Å². The molecule has 0 rings (SSSR count). The lowest BCUT2D eigenvalue weighted by Crippen LogP contribution is -2.31. The van der Waals surface area contributed by atoms with Gasteiger partial charge in [0, 0.05) is 6.54 Å². The number of nitrogens with one attached hydrogen (secondary N) is 1. The van der Waals surface area contributed by atoms with Gasteiger partial charge in [0.25, 0.3) is 0 Å². The average Bonchev–Trinajstić information content (AvgIpc) is 1.83. The Balaban J connectivity index is 3.12. The first-order chi connectivity index (χ1) is 5.42. The maximum Gasteiger partial charge on any atom is 0.401 e. The summed E-state index contributed by atoms with van der Waals surface area (Å²) in [7, 11) is 0. The topological polar surface area (TPSA) is 21.3 Å². The molecule has 0 aromatic heterocycles. The van der Waals surface area contributed by atoms with Crippen molar-refractivity contribution in [1.82, 2.24) is 5.32 Å². The number of rotatable bonds is 5. The second kappa shape index (κ2) is 5.37. The highest BCUT2D eigenvalue weighted by molar-refractivity contribution is 4.54. The normalized spacial score (nSPS) is 12.5. The molecule has 0 aliphatic heterocycles. The third-order valence-electron chi connectivity index (χ3n) is 1.06. The van der Waals surface area contributed by atoms with Crippen LogP contribution in [0.5, 0.6) is 0 Å². The SMILES string of the molecule is CC(C)OCCNCC(F)(F)F. The van der Waals surface area contributed by atoms with E-state index in [0.29, 0.717) is 6.61 Å². The number of hydrogen-bond donors (Lipinski definition) is 1. The zero-order valence-corrected chi connectivity index (χ0v) is 7.24. The molecule has 0 aromatic rings. The molecule has 0 bridgehead atoms. The summed E-state index contributed by atoms with van der Waals surface area (Å²) in [5, 5.41) is 2.23. The highest BCUT2D eigenvalue weighted by Crippen LogP contribution is 2.11. The second-order valence-electron chi connectivity index (χ2n) is 2.71. The molecule has 5 heteroatoms. The summed E-state index contributed by atoms with van der Waals surface area (Å²) in [6.07, 6.45) is -4.06. The molecule has 0 saturated carbocycles. The summed E-state index contributed by atoms with van der Waals surface area (Å²) in [4.78, 5) is 0. The van der Waals surface area contributed by atoms with Crippen molar-refractivity contribution < 1.29 is 17.9 Å². The van der Waals surface area contributed by atoms with E-state index in [9.17, 15) is 13.2 Å². The zero-order valence-electron chi connectivity index (χ0n) is 7.24. The van der Waals surface area contributed by atoms with Gasteiger partial charge in [-0.15, -0.1) is 0 Å². The molecule has 0 fully saturated rings. The van der Waals surface area contributed by atoms with E-state index in [0.717, 1.165) is 0 Å². The maximum absolute atomic E-state index is 11.5. The Hall–Kier alpha value is -0.290. The van der Waals surface area contributed by atoms with Crippen LogP contribution < -0.4 is 5.32 Å². The minimum atomic E-state index is -4.13.